The number of anilines is 1. The summed E-state index contributed by atoms with van der Waals surface area (Å²) < 4.78 is 34.0. The van der Waals surface area contributed by atoms with Crippen LogP contribution in [0.4, 0.5) is 5.69 Å². The Labute approximate surface area is 165 Å². The number of hydrogen-bond acceptors (Lipinski definition) is 5. The first kappa shape index (κ1) is 17.3. The third-order valence-corrected chi connectivity index (χ3v) is 9.24. The fraction of sp³-hybridized carbons (Fsp3) is 0.667. The molecule has 4 aliphatic carbocycles. The molecule has 0 radical (unpaired) electrons. The number of sulfonamides is 1. The molecule has 2 aliphatic heterocycles. The molecule has 1 atom stereocenters. The summed E-state index contributed by atoms with van der Waals surface area (Å²) in [6.45, 7) is 0.840. The van der Waals surface area contributed by atoms with E-state index in [1.165, 1.54) is 25.3 Å². The predicted molar refractivity (Wildman–Crippen MR) is 103 cm³/mol. The molecule has 1 aromatic rings. The van der Waals surface area contributed by atoms with Gasteiger partial charge in [0.25, 0.3) is 0 Å². The van der Waals surface area contributed by atoms with Crippen LogP contribution >= 0.6 is 0 Å². The lowest BCUT2D eigenvalue weighted by Gasteiger charge is -2.55. The lowest BCUT2D eigenvalue weighted by molar-refractivity contribution is -0.161. The maximum absolute atomic E-state index is 13.2. The quantitative estimate of drug-likeness (QED) is 0.608. The molecular weight excluding hydrogens is 376 g/mol. The number of nitrogens with one attached hydrogen (secondary N) is 1. The Morgan fingerprint density at radius 1 is 1.11 bits per heavy atom. The van der Waals surface area contributed by atoms with Crippen molar-refractivity contribution in [1.29, 1.82) is 0 Å². The van der Waals surface area contributed by atoms with Crippen molar-refractivity contribution in [3.63, 3.8) is 0 Å². The highest BCUT2D eigenvalue weighted by Gasteiger charge is 2.55. The highest BCUT2D eigenvalue weighted by atomic mass is 32.2. The normalized spacial score (nSPS) is 39.5. The number of fused-ring (bicyclic) bond motifs is 3. The van der Waals surface area contributed by atoms with Crippen LogP contribution in [0.1, 0.15) is 51.4 Å². The van der Waals surface area contributed by atoms with E-state index in [4.69, 9.17) is 4.74 Å². The van der Waals surface area contributed by atoms with Gasteiger partial charge in [0, 0.05) is 12.6 Å². The highest BCUT2D eigenvalue weighted by molar-refractivity contribution is 7.89. The van der Waals surface area contributed by atoms with Gasteiger partial charge in [-0.2, -0.15) is 4.72 Å². The summed E-state index contributed by atoms with van der Waals surface area (Å²) in [5.74, 6) is 2.20. The van der Waals surface area contributed by atoms with E-state index in [-0.39, 0.29) is 22.4 Å². The largest absolute Gasteiger partial charge is 0.426 e. The summed E-state index contributed by atoms with van der Waals surface area (Å²) in [7, 11) is -3.58. The van der Waals surface area contributed by atoms with E-state index in [0.717, 1.165) is 44.3 Å². The molecule has 1 saturated heterocycles. The van der Waals surface area contributed by atoms with Crippen molar-refractivity contribution < 1.29 is 17.9 Å². The summed E-state index contributed by atoms with van der Waals surface area (Å²) in [6.07, 6.45) is 8.27. The Morgan fingerprint density at radius 3 is 2.46 bits per heavy atom. The second kappa shape index (κ2) is 5.72. The van der Waals surface area contributed by atoms with Gasteiger partial charge in [-0.15, -0.1) is 0 Å². The molecule has 4 bridgehead atoms. The lowest BCUT2D eigenvalue weighted by atomic mass is 9.49. The number of carbonyl (C=O) groups excluding carboxylic acids is 1. The van der Waals surface area contributed by atoms with Crippen molar-refractivity contribution in [3.05, 3.63) is 18.2 Å². The van der Waals surface area contributed by atoms with E-state index in [1.54, 1.807) is 12.1 Å². The summed E-state index contributed by atoms with van der Waals surface area (Å²) in [4.78, 5) is 15.5. The maximum atomic E-state index is 13.2. The smallest absolute Gasteiger partial charge is 0.317 e. The third-order valence-electron chi connectivity index (χ3n) is 7.76. The fourth-order valence-corrected chi connectivity index (χ4v) is 8.47. The van der Waals surface area contributed by atoms with Crippen molar-refractivity contribution >= 4 is 21.7 Å². The maximum Gasteiger partial charge on any atom is 0.317 e. The average Bonchev–Trinajstić information content (AvgIpc) is 3.08. The van der Waals surface area contributed by atoms with Gasteiger partial charge in [0.05, 0.1) is 17.3 Å². The van der Waals surface area contributed by atoms with E-state index in [0.29, 0.717) is 23.5 Å². The van der Waals surface area contributed by atoms with Crippen LogP contribution in [0.5, 0.6) is 5.75 Å². The van der Waals surface area contributed by atoms with Crippen molar-refractivity contribution in [2.75, 3.05) is 11.4 Å². The van der Waals surface area contributed by atoms with Crippen LogP contribution in [-0.2, 0) is 14.8 Å². The Hall–Kier alpha value is -1.60. The first-order valence-corrected chi connectivity index (χ1v) is 12.1. The van der Waals surface area contributed by atoms with Gasteiger partial charge in [-0.05, 0) is 81.3 Å². The molecule has 28 heavy (non-hydrogen) atoms. The van der Waals surface area contributed by atoms with Gasteiger partial charge in [0.1, 0.15) is 10.6 Å². The number of nitrogens with zero attached hydrogens (tertiary/aromatic N) is 1. The molecule has 1 aromatic carbocycles. The Morgan fingerprint density at radius 2 is 1.79 bits per heavy atom. The number of rotatable bonds is 2. The molecule has 6 aliphatic rings. The summed E-state index contributed by atoms with van der Waals surface area (Å²) >= 11 is 0. The van der Waals surface area contributed by atoms with Crippen LogP contribution in [0, 0.1) is 23.2 Å². The molecule has 1 N–H and O–H groups in total. The number of ether oxygens (including phenoxy) is 1. The topological polar surface area (TPSA) is 75.7 Å². The zero-order valence-corrected chi connectivity index (χ0v) is 16.7. The lowest BCUT2D eigenvalue weighted by Crippen LogP contribution is -2.51. The van der Waals surface area contributed by atoms with Gasteiger partial charge in [-0.25, -0.2) is 8.42 Å². The van der Waals surface area contributed by atoms with E-state index in [1.807, 2.05) is 0 Å². The number of esters is 1. The first-order valence-electron chi connectivity index (χ1n) is 10.6. The third kappa shape index (κ3) is 2.48. The molecule has 6 nitrogen and oxygen atoms in total. The molecule has 0 spiro atoms. The molecule has 7 heteroatoms. The van der Waals surface area contributed by atoms with E-state index < -0.39 is 10.0 Å². The molecule has 150 valence electrons. The number of carbonyl (C=O) groups is 1. The van der Waals surface area contributed by atoms with E-state index in [2.05, 4.69) is 9.62 Å². The van der Waals surface area contributed by atoms with Gasteiger partial charge in [-0.3, -0.25) is 4.79 Å². The summed E-state index contributed by atoms with van der Waals surface area (Å²) in [6, 6.07) is 5.09. The Kier molecular flexibility index (Phi) is 3.53. The van der Waals surface area contributed by atoms with Gasteiger partial charge >= 0.3 is 5.97 Å². The van der Waals surface area contributed by atoms with Gasteiger partial charge in [0.15, 0.2) is 0 Å². The molecule has 0 amide bonds. The van der Waals surface area contributed by atoms with Crippen molar-refractivity contribution in [2.24, 2.45) is 23.2 Å². The van der Waals surface area contributed by atoms with Crippen LogP contribution in [0.3, 0.4) is 0 Å². The van der Waals surface area contributed by atoms with E-state index in [9.17, 15) is 13.2 Å². The average molecular weight is 403 g/mol. The molecule has 5 fully saturated rings. The predicted octanol–water partition coefficient (Wildman–Crippen LogP) is 3.03. The Balaban J connectivity index is 1.30. The van der Waals surface area contributed by atoms with Crippen LogP contribution in [0.2, 0.25) is 0 Å². The number of benzene rings is 1. The van der Waals surface area contributed by atoms with Gasteiger partial charge in [-0.1, -0.05) is 0 Å². The SMILES string of the molecule is O=C(Oc1ccc2c(c1)S(=O)(=O)NC1CCCN21)C12CC3CC(CC(C3)C1)C2. The molecule has 0 aromatic heterocycles. The van der Waals surface area contributed by atoms with Crippen molar-refractivity contribution in [3.8, 4) is 5.75 Å². The summed E-state index contributed by atoms with van der Waals surface area (Å²) in [5, 5.41) is 0. The van der Waals surface area contributed by atoms with Crippen LogP contribution < -0.4 is 14.4 Å². The Bertz CT molecular complexity index is 922. The number of hydrogen-bond donors (Lipinski definition) is 1. The molecule has 1 unspecified atom stereocenters. The van der Waals surface area contributed by atoms with Crippen LogP contribution in [0.25, 0.3) is 0 Å². The minimum Gasteiger partial charge on any atom is -0.426 e. The van der Waals surface area contributed by atoms with Crippen LogP contribution in [0.15, 0.2) is 23.1 Å². The molecule has 2 heterocycles. The second-order valence-corrected chi connectivity index (χ2v) is 11.4. The van der Waals surface area contributed by atoms with Crippen LogP contribution in [-0.4, -0.2) is 27.1 Å². The standard InChI is InChI=1S/C21H26N2O4S/c24-20(21-10-13-6-14(11-21)8-15(7-13)12-21)27-16-3-4-17-18(9-16)28(25,26)22-19-2-1-5-23(17)19/h3-4,9,13-15,19,22H,1-2,5-8,10-12H2. The first-order chi connectivity index (χ1) is 13.4. The zero-order valence-electron chi connectivity index (χ0n) is 15.9. The molecular formula is C21H26N2O4S. The monoisotopic (exact) mass is 402 g/mol. The van der Waals surface area contributed by atoms with Gasteiger partial charge in [0.2, 0.25) is 10.0 Å². The van der Waals surface area contributed by atoms with Crippen molar-refractivity contribution in [2.45, 2.75) is 62.4 Å². The minimum absolute atomic E-state index is 0.147. The molecule has 7 rings (SSSR count). The van der Waals surface area contributed by atoms with Crippen molar-refractivity contribution in [1.82, 2.24) is 4.72 Å². The second-order valence-electron chi connectivity index (χ2n) is 9.69. The highest BCUT2D eigenvalue weighted by Crippen LogP contribution is 2.60. The summed E-state index contributed by atoms with van der Waals surface area (Å²) in [5.41, 5.74) is 0.373. The minimum atomic E-state index is -3.58. The van der Waals surface area contributed by atoms with Gasteiger partial charge < -0.3 is 9.64 Å². The molecule has 4 saturated carbocycles. The van der Waals surface area contributed by atoms with E-state index >= 15 is 0 Å². The zero-order chi connectivity index (χ0) is 19.1. The fourth-order valence-electron chi connectivity index (χ4n) is 7.01.